The van der Waals surface area contributed by atoms with Gasteiger partial charge in [0.2, 0.25) is 11.8 Å². The molecule has 1 aliphatic heterocycles. The fourth-order valence-electron chi connectivity index (χ4n) is 3.39. The molecule has 0 radical (unpaired) electrons. The molecule has 9 heteroatoms. The van der Waals surface area contributed by atoms with Gasteiger partial charge in [-0.1, -0.05) is 59.3 Å². The lowest BCUT2D eigenvalue weighted by Crippen LogP contribution is -2.36. The van der Waals surface area contributed by atoms with E-state index in [2.05, 4.69) is 26.7 Å². The predicted molar refractivity (Wildman–Crippen MR) is 122 cm³/mol. The normalized spacial score (nSPS) is 15.2. The van der Waals surface area contributed by atoms with E-state index in [0.29, 0.717) is 21.6 Å². The molecule has 2 aromatic carbocycles. The van der Waals surface area contributed by atoms with Crippen LogP contribution in [0.2, 0.25) is 5.02 Å². The van der Waals surface area contributed by atoms with Crippen molar-refractivity contribution >= 4 is 46.7 Å². The number of nitrogens with zero attached hydrogens (tertiary/aromatic N) is 1. The Hall–Kier alpha value is -3.10. The van der Waals surface area contributed by atoms with E-state index in [4.69, 9.17) is 11.6 Å². The van der Waals surface area contributed by atoms with E-state index >= 15 is 0 Å². The Bertz CT molecular complexity index is 1230. The number of anilines is 2. The third-order valence-corrected chi connectivity index (χ3v) is 5.98. The molecule has 3 aromatic rings. The smallest absolute Gasteiger partial charge is 0.257 e. The van der Waals surface area contributed by atoms with E-state index in [9.17, 15) is 14.4 Å². The van der Waals surface area contributed by atoms with E-state index in [1.165, 1.54) is 11.8 Å². The van der Waals surface area contributed by atoms with Crippen LogP contribution in [0.3, 0.4) is 0 Å². The first-order valence-electron chi connectivity index (χ1n) is 9.58. The number of nitrogens with one attached hydrogen (secondary N) is 3. The van der Waals surface area contributed by atoms with Crippen LogP contribution >= 0.6 is 23.4 Å². The highest BCUT2D eigenvalue weighted by atomic mass is 35.5. The monoisotopic (exact) mass is 454 g/mol. The maximum Gasteiger partial charge on any atom is 0.257 e. The van der Waals surface area contributed by atoms with Crippen LogP contribution in [0.1, 0.15) is 29.0 Å². The van der Waals surface area contributed by atoms with Gasteiger partial charge in [-0.2, -0.15) is 0 Å². The number of halogens is 1. The largest absolute Gasteiger partial charge is 0.325 e. The number of hydrogen-bond donors (Lipinski definition) is 3. The Morgan fingerprint density at radius 1 is 1.23 bits per heavy atom. The molecule has 1 aromatic heterocycles. The zero-order valence-electron chi connectivity index (χ0n) is 16.6. The molecular formula is C22H19ClN4O3S. The quantitative estimate of drug-likeness (QED) is 0.398. The van der Waals surface area contributed by atoms with Gasteiger partial charge in [0.1, 0.15) is 5.82 Å². The summed E-state index contributed by atoms with van der Waals surface area (Å²) in [6.45, 7) is 2.01. The number of aromatic nitrogens is 2. The van der Waals surface area contributed by atoms with Crippen LogP contribution < -0.4 is 16.2 Å². The summed E-state index contributed by atoms with van der Waals surface area (Å²) < 4.78 is 0. The maximum atomic E-state index is 12.8. The highest BCUT2D eigenvalue weighted by molar-refractivity contribution is 7.98. The number of rotatable bonds is 5. The summed E-state index contributed by atoms with van der Waals surface area (Å²) in [5.74, 6) is -1.05. The number of thioether (sulfide) groups is 1. The predicted octanol–water partition coefficient (Wildman–Crippen LogP) is 4.09. The molecule has 0 unspecified atom stereocenters. The Kier molecular flexibility index (Phi) is 6.11. The van der Waals surface area contributed by atoms with Crippen LogP contribution in [0.15, 0.2) is 58.5 Å². The van der Waals surface area contributed by atoms with Crippen LogP contribution in [0.4, 0.5) is 11.5 Å². The fourth-order valence-corrected chi connectivity index (χ4v) is 4.39. The van der Waals surface area contributed by atoms with Crippen LogP contribution in [0, 0.1) is 6.92 Å². The first-order valence-corrected chi connectivity index (χ1v) is 10.9. The molecule has 3 N–H and O–H groups in total. The molecule has 0 saturated heterocycles. The minimum Gasteiger partial charge on any atom is -0.325 e. The summed E-state index contributed by atoms with van der Waals surface area (Å²) in [7, 11) is 0. The SMILES string of the molecule is Cc1cccc(CSc2nc3c(c(=O)[nH]2)[C@@H](C(=O)Nc2cccc(Cl)c2)CC(=O)N3)c1. The molecule has 0 fully saturated rings. The van der Waals surface area contributed by atoms with Crippen molar-refractivity contribution in [1.29, 1.82) is 0 Å². The molecule has 7 nitrogen and oxygen atoms in total. The molecule has 158 valence electrons. The van der Waals surface area contributed by atoms with Crippen molar-refractivity contribution in [1.82, 2.24) is 9.97 Å². The van der Waals surface area contributed by atoms with Gasteiger partial charge in [-0.05, 0) is 30.7 Å². The Balaban J connectivity index is 1.58. The number of carbonyl (C=O) groups is 2. The number of fused-ring (bicyclic) bond motifs is 1. The summed E-state index contributed by atoms with van der Waals surface area (Å²) >= 11 is 7.31. The van der Waals surface area contributed by atoms with Gasteiger partial charge >= 0.3 is 0 Å². The van der Waals surface area contributed by atoms with E-state index in [0.717, 1.165) is 11.1 Å². The molecule has 0 aliphatic carbocycles. The fraction of sp³-hybridized carbons (Fsp3) is 0.182. The Morgan fingerprint density at radius 3 is 2.81 bits per heavy atom. The highest BCUT2D eigenvalue weighted by Crippen LogP contribution is 2.31. The second-order valence-corrected chi connectivity index (χ2v) is 8.62. The zero-order valence-corrected chi connectivity index (χ0v) is 18.1. The lowest BCUT2D eigenvalue weighted by Gasteiger charge is -2.23. The van der Waals surface area contributed by atoms with E-state index in [1.54, 1.807) is 24.3 Å². The van der Waals surface area contributed by atoms with Crippen molar-refractivity contribution in [3.05, 3.63) is 80.6 Å². The van der Waals surface area contributed by atoms with Crippen molar-refractivity contribution < 1.29 is 9.59 Å². The van der Waals surface area contributed by atoms with E-state index < -0.39 is 17.4 Å². The number of amides is 2. The molecule has 1 aliphatic rings. The van der Waals surface area contributed by atoms with Gasteiger partial charge in [0, 0.05) is 22.9 Å². The highest BCUT2D eigenvalue weighted by Gasteiger charge is 2.34. The topological polar surface area (TPSA) is 104 Å². The summed E-state index contributed by atoms with van der Waals surface area (Å²) in [6.07, 6.45) is -0.139. The second-order valence-electron chi connectivity index (χ2n) is 7.22. The first-order chi connectivity index (χ1) is 14.9. The zero-order chi connectivity index (χ0) is 22.0. The van der Waals surface area contributed by atoms with Crippen molar-refractivity contribution in [3.63, 3.8) is 0 Å². The van der Waals surface area contributed by atoms with Crippen LogP contribution in [0.5, 0.6) is 0 Å². The third kappa shape index (κ3) is 4.98. The van der Waals surface area contributed by atoms with E-state index in [-0.39, 0.29) is 23.7 Å². The molecule has 1 atom stereocenters. The standard InChI is InChI=1S/C22H19ClN4O3S/c1-12-4-2-5-13(8-12)11-31-22-26-19-18(21(30)27-22)16(10-17(28)25-19)20(29)24-15-7-3-6-14(23)9-15/h2-9,16H,10-11H2,1H3,(H,24,29)(H2,25,26,27,28,30)/t16-/m0/s1. The van der Waals surface area contributed by atoms with Crippen LogP contribution in [-0.2, 0) is 15.3 Å². The summed E-state index contributed by atoms with van der Waals surface area (Å²) in [5.41, 5.74) is 2.43. The lowest BCUT2D eigenvalue weighted by molar-refractivity contribution is -0.123. The number of H-pyrrole nitrogens is 1. The molecule has 4 rings (SSSR count). The second kappa shape index (κ2) is 8.95. The van der Waals surface area contributed by atoms with Gasteiger partial charge in [-0.15, -0.1) is 0 Å². The van der Waals surface area contributed by atoms with Gasteiger partial charge in [-0.3, -0.25) is 14.4 Å². The van der Waals surface area contributed by atoms with Gasteiger partial charge in [0.05, 0.1) is 11.5 Å². The van der Waals surface area contributed by atoms with E-state index in [1.807, 2.05) is 25.1 Å². The molecule has 2 amide bonds. The Labute approximate surface area is 187 Å². The van der Waals surface area contributed by atoms with Gasteiger partial charge in [0.15, 0.2) is 5.16 Å². The molecule has 0 spiro atoms. The maximum absolute atomic E-state index is 12.8. The van der Waals surface area contributed by atoms with Crippen LogP contribution in [-0.4, -0.2) is 21.8 Å². The van der Waals surface area contributed by atoms with Crippen molar-refractivity contribution in [2.24, 2.45) is 0 Å². The van der Waals surface area contributed by atoms with Gasteiger partial charge in [-0.25, -0.2) is 4.98 Å². The number of carbonyl (C=O) groups excluding carboxylic acids is 2. The van der Waals surface area contributed by atoms with Gasteiger partial charge < -0.3 is 15.6 Å². The average Bonchev–Trinajstić information content (AvgIpc) is 2.71. The summed E-state index contributed by atoms with van der Waals surface area (Å²) in [4.78, 5) is 45.0. The summed E-state index contributed by atoms with van der Waals surface area (Å²) in [5, 5.41) is 6.18. The first kappa shape index (κ1) is 21.1. The number of aryl methyl sites for hydroxylation is 1. The number of hydrogen-bond acceptors (Lipinski definition) is 5. The molecule has 0 saturated carbocycles. The molecule has 31 heavy (non-hydrogen) atoms. The van der Waals surface area contributed by atoms with Crippen molar-refractivity contribution in [2.45, 2.75) is 30.2 Å². The number of benzene rings is 2. The number of aromatic amines is 1. The minimum atomic E-state index is -0.949. The minimum absolute atomic E-state index is 0.123. The molecular weight excluding hydrogens is 436 g/mol. The molecule has 2 heterocycles. The van der Waals surface area contributed by atoms with Gasteiger partial charge in [0.25, 0.3) is 5.56 Å². The van der Waals surface area contributed by atoms with Crippen LogP contribution in [0.25, 0.3) is 0 Å². The van der Waals surface area contributed by atoms with Crippen molar-refractivity contribution in [3.8, 4) is 0 Å². The summed E-state index contributed by atoms with van der Waals surface area (Å²) in [6, 6.07) is 14.7. The van der Waals surface area contributed by atoms with Crippen molar-refractivity contribution in [2.75, 3.05) is 10.6 Å². The lowest BCUT2D eigenvalue weighted by atomic mass is 9.92. The average molecular weight is 455 g/mol. The third-order valence-electron chi connectivity index (χ3n) is 4.80. The molecule has 0 bridgehead atoms. The Morgan fingerprint density at radius 2 is 2.03 bits per heavy atom.